The standard InChI is InChI=1S/C18H15N3O3S/c19-12-4-1-10(2-5-12)9-16-20-13-7-11(3-6-14(13)24-16)8-15-17(22)21-18(23)25-15/h1-7,22H,8-9,19H2,(H,21,23). The summed E-state index contributed by atoms with van der Waals surface area (Å²) in [5, 5.41) is 9.71. The molecule has 2 aromatic carbocycles. The van der Waals surface area contributed by atoms with E-state index in [1.807, 2.05) is 42.5 Å². The van der Waals surface area contributed by atoms with Gasteiger partial charge in [0.15, 0.2) is 11.5 Å². The number of nitrogens with zero attached hydrogens (tertiary/aromatic N) is 1. The van der Waals surface area contributed by atoms with Gasteiger partial charge in [0.2, 0.25) is 5.88 Å². The summed E-state index contributed by atoms with van der Waals surface area (Å²) in [6.45, 7) is 0. The van der Waals surface area contributed by atoms with E-state index in [1.54, 1.807) is 0 Å². The number of hydrogen-bond acceptors (Lipinski definition) is 6. The van der Waals surface area contributed by atoms with E-state index in [9.17, 15) is 9.90 Å². The fourth-order valence-electron chi connectivity index (χ4n) is 2.67. The number of nitrogen functional groups attached to an aromatic ring is 1. The molecule has 0 spiro atoms. The maximum absolute atomic E-state index is 11.3. The second kappa shape index (κ2) is 6.10. The lowest BCUT2D eigenvalue weighted by molar-refractivity contribution is 0.451. The first-order valence-corrected chi connectivity index (χ1v) is 8.52. The first kappa shape index (κ1) is 15.5. The Hall–Kier alpha value is -3.06. The maximum Gasteiger partial charge on any atom is 0.307 e. The zero-order valence-electron chi connectivity index (χ0n) is 13.2. The molecule has 4 N–H and O–H groups in total. The number of aromatic amines is 1. The van der Waals surface area contributed by atoms with Crippen molar-refractivity contribution in [1.29, 1.82) is 0 Å². The van der Waals surface area contributed by atoms with Gasteiger partial charge in [-0.15, -0.1) is 0 Å². The van der Waals surface area contributed by atoms with Gasteiger partial charge in [-0.3, -0.25) is 9.78 Å². The molecule has 25 heavy (non-hydrogen) atoms. The summed E-state index contributed by atoms with van der Waals surface area (Å²) < 4.78 is 5.79. The average molecular weight is 353 g/mol. The molecule has 0 radical (unpaired) electrons. The van der Waals surface area contributed by atoms with Crippen molar-refractivity contribution in [1.82, 2.24) is 9.97 Å². The SMILES string of the molecule is Nc1ccc(Cc2nc3cc(Cc4sc(=O)[nH]c4O)ccc3o2)cc1. The van der Waals surface area contributed by atoms with E-state index < -0.39 is 0 Å². The topological polar surface area (TPSA) is 105 Å². The van der Waals surface area contributed by atoms with Crippen LogP contribution in [0.25, 0.3) is 11.1 Å². The van der Waals surface area contributed by atoms with Crippen molar-refractivity contribution in [3.63, 3.8) is 0 Å². The lowest BCUT2D eigenvalue weighted by Crippen LogP contribution is -1.89. The molecule has 0 aliphatic rings. The molecule has 0 saturated carbocycles. The van der Waals surface area contributed by atoms with Crippen LogP contribution in [0.3, 0.4) is 0 Å². The molecule has 6 nitrogen and oxygen atoms in total. The van der Waals surface area contributed by atoms with E-state index in [1.165, 1.54) is 0 Å². The van der Waals surface area contributed by atoms with Gasteiger partial charge in [-0.2, -0.15) is 0 Å². The fourth-order valence-corrected chi connectivity index (χ4v) is 3.43. The number of oxazole rings is 1. The van der Waals surface area contributed by atoms with Crippen LogP contribution >= 0.6 is 11.3 Å². The molecule has 0 aliphatic heterocycles. The van der Waals surface area contributed by atoms with Gasteiger partial charge in [0.05, 0.1) is 4.88 Å². The molecular weight excluding hydrogens is 338 g/mol. The molecule has 2 heterocycles. The molecule has 0 fully saturated rings. The summed E-state index contributed by atoms with van der Waals surface area (Å²) in [6.07, 6.45) is 1.05. The van der Waals surface area contributed by atoms with Gasteiger partial charge in [-0.05, 0) is 35.4 Å². The lowest BCUT2D eigenvalue weighted by atomic mass is 10.1. The second-order valence-electron chi connectivity index (χ2n) is 5.79. The van der Waals surface area contributed by atoms with Gasteiger partial charge in [0.1, 0.15) is 5.52 Å². The van der Waals surface area contributed by atoms with Gasteiger partial charge in [-0.25, -0.2) is 4.98 Å². The Kier molecular flexibility index (Phi) is 3.77. The molecule has 0 aliphatic carbocycles. The number of benzene rings is 2. The van der Waals surface area contributed by atoms with Crippen LogP contribution in [0.4, 0.5) is 5.69 Å². The lowest BCUT2D eigenvalue weighted by Gasteiger charge is -1.98. The zero-order valence-corrected chi connectivity index (χ0v) is 14.0. The van der Waals surface area contributed by atoms with Crippen molar-refractivity contribution in [2.75, 3.05) is 5.73 Å². The van der Waals surface area contributed by atoms with Crippen molar-refractivity contribution < 1.29 is 9.52 Å². The van der Waals surface area contributed by atoms with E-state index in [0.717, 1.165) is 33.7 Å². The normalized spacial score (nSPS) is 11.2. The third-order valence-corrected chi connectivity index (χ3v) is 4.77. The summed E-state index contributed by atoms with van der Waals surface area (Å²) in [5.41, 5.74) is 9.90. The number of thiazole rings is 1. The Labute approximate surface area is 146 Å². The molecule has 0 bridgehead atoms. The third kappa shape index (κ3) is 3.27. The predicted molar refractivity (Wildman–Crippen MR) is 97.1 cm³/mol. The Morgan fingerprint density at radius 2 is 1.88 bits per heavy atom. The van der Waals surface area contributed by atoms with Crippen LogP contribution in [0.15, 0.2) is 51.7 Å². The highest BCUT2D eigenvalue weighted by molar-refractivity contribution is 7.09. The number of H-pyrrole nitrogens is 1. The van der Waals surface area contributed by atoms with Crippen molar-refractivity contribution in [2.24, 2.45) is 0 Å². The van der Waals surface area contributed by atoms with Gasteiger partial charge in [0, 0.05) is 18.5 Å². The number of anilines is 1. The van der Waals surface area contributed by atoms with Crippen molar-refractivity contribution in [3.8, 4) is 5.88 Å². The number of hydrogen-bond donors (Lipinski definition) is 3. The Bertz CT molecular complexity index is 1090. The van der Waals surface area contributed by atoms with Gasteiger partial charge in [0.25, 0.3) is 0 Å². The van der Waals surface area contributed by atoms with Crippen LogP contribution < -0.4 is 10.6 Å². The van der Waals surface area contributed by atoms with Crippen LogP contribution in [0.2, 0.25) is 0 Å². The number of fused-ring (bicyclic) bond motifs is 1. The first-order valence-electron chi connectivity index (χ1n) is 7.70. The minimum atomic E-state index is -0.263. The van der Waals surface area contributed by atoms with Crippen LogP contribution in [-0.4, -0.2) is 15.1 Å². The smallest absolute Gasteiger partial charge is 0.307 e. The molecule has 0 amide bonds. The minimum absolute atomic E-state index is 0.0701. The highest BCUT2D eigenvalue weighted by atomic mass is 32.1. The van der Waals surface area contributed by atoms with E-state index in [-0.39, 0.29) is 10.8 Å². The second-order valence-corrected chi connectivity index (χ2v) is 6.86. The summed E-state index contributed by atoms with van der Waals surface area (Å²) in [5.74, 6) is 0.561. The molecule has 126 valence electrons. The number of nitrogens with one attached hydrogen (secondary N) is 1. The molecule has 4 rings (SSSR count). The van der Waals surface area contributed by atoms with Crippen molar-refractivity contribution >= 4 is 28.1 Å². The molecule has 0 atom stereocenters. The number of aromatic nitrogens is 2. The van der Waals surface area contributed by atoms with E-state index in [2.05, 4.69) is 9.97 Å². The minimum Gasteiger partial charge on any atom is -0.494 e. The molecule has 7 heteroatoms. The van der Waals surface area contributed by atoms with Gasteiger partial charge in [-0.1, -0.05) is 29.5 Å². The molecule has 0 saturated heterocycles. The fraction of sp³-hybridized carbons (Fsp3) is 0.111. The molecule has 0 unspecified atom stereocenters. The maximum atomic E-state index is 11.3. The highest BCUT2D eigenvalue weighted by Crippen LogP contribution is 2.24. The zero-order chi connectivity index (χ0) is 17.4. The number of rotatable bonds is 4. The number of aromatic hydroxyl groups is 1. The van der Waals surface area contributed by atoms with Crippen LogP contribution in [0.5, 0.6) is 5.88 Å². The Morgan fingerprint density at radius 3 is 2.60 bits per heavy atom. The summed E-state index contributed by atoms with van der Waals surface area (Å²) in [4.78, 5) is 18.5. The van der Waals surface area contributed by atoms with E-state index in [0.29, 0.717) is 29.2 Å². The summed E-state index contributed by atoms with van der Waals surface area (Å²) >= 11 is 1.01. The Morgan fingerprint density at radius 1 is 1.12 bits per heavy atom. The Balaban J connectivity index is 1.59. The first-order chi connectivity index (χ1) is 12.1. The largest absolute Gasteiger partial charge is 0.494 e. The highest BCUT2D eigenvalue weighted by Gasteiger charge is 2.11. The monoisotopic (exact) mass is 353 g/mol. The van der Waals surface area contributed by atoms with Gasteiger partial charge >= 0.3 is 4.87 Å². The van der Waals surface area contributed by atoms with Crippen LogP contribution in [0.1, 0.15) is 21.9 Å². The van der Waals surface area contributed by atoms with E-state index in [4.69, 9.17) is 10.2 Å². The summed E-state index contributed by atoms with van der Waals surface area (Å²) in [7, 11) is 0. The third-order valence-electron chi connectivity index (χ3n) is 3.90. The predicted octanol–water partition coefficient (Wildman–Crippen LogP) is 3.05. The number of nitrogens with two attached hydrogens (primary N) is 1. The van der Waals surface area contributed by atoms with Gasteiger partial charge < -0.3 is 15.3 Å². The van der Waals surface area contributed by atoms with Crippen molar-refractivity contribution in [2.45, 2.75) is 12.8 Å². The van der Waals surface area contributed by atoms with Crippen molar-refractivity contribution in [3.05, 3.63) is 74.0 Å². The van der Waals surface area contributed by atoms with Crippen LogP contribution in [0, 0.1) is 0 Å². The quantitative estimate of drug-likeness (QED) is 0.489. The summed E-state index contributed by atoms with van der Waals surface area (Å²) in [6, 6.07) is 13.3. The van der Waals surface area contributed by atoms with E-state index >= 15 is 0 Å². The molecule has 4 aromatic rings. The average Bonchev–Trinajstić information content (AvgIpc) is 3.11. The molecular formula is C18H15N3O3S. The molecule has 2 aromatic heterocycles. The van der Waals surface area contributed by atoms with Crippen LogP contribution in [-0.2, 0) is 12.8 Å².